The predicted molar refractivity (Wildman–Crippen MR) is 75.2 cm³/mol. The molecule has 2 rings (SSSR count). The van der Waals surface area contributed by atoms with Crippen molar-refractivity contribution in [2.24, 2.45) is 10.9 Å². The number of ether oxygens (including phenoxy) is 1. The van der Waals surface area contributed by atoms with Crippen LogP contribution in [0.4, 0.5) is 0 Å². The van der Waals surface area contributed by atoms with Crippen molar-refractivity contribution in [2.45, 2.75) is 6.61 Å². The van der Waals surface area contributed by atoms with Crippen LogP contribution in [0.5, 0.6) is 5.75 Å². The number of rotatable bonds is 4. The van der Waals surface area contributed by atoms with Crippen molar-refractivity contribution >= 4 is 21.8 Å². The van der Waals surface area contributed by atoms with Crippen molar-refractivity contribution in [1.29, 1.82) is 0 Å². The normalized spacial score (nSPS) is 11.3. The SMILES string of the molecule is NC(=NO)c1ccc(COc2cncc(Br)c2)cc1. The lowest BCUT2D eigenvalue weighted by Crippen LogP contribution is -2.12. The Morgan fingerprint density at radius 3 is 2.68 bits per heavy atom. The molecule has 0 bridgehead atoms. The molecule has 0 saturated heterocycles. The molecule has 3 N–H and O–H groups in total. The molecule has 0 saturated carbocycles. The van der Waals surface area contributed by atoms with Gasteiger partial charge in [-0.3, -0.25) is 4.98 Å². The van der Waals surface area contributed by atoms with E-state index < -0.39 is 0 Å². The Hall–Kier alpha value is -2.08. The van der Waals surface area contributed by atoms with Crippen LogP contribution in [0.3, 0.4) is 0 Å². The molecule has 19 heavy (non-hydrogen) atoms. The van der Waals surface area contributed by atoms with E-state index in [0.717, 1.165) is 10.0 Å². The van der Waals surface area contributed by atoms with Gasteiger partial charge in [-0.15, -0.1) is 0 Å². The van der Waals surface area contributed by atoms with Crippen LogP contribution < -0.4 is 10.5 Å². The monoisotopic (exact) mass is 321 g/mol. The number of hydrogen-bond donors (Lipinski definition) is 2. The van der Waals surface area contributed by atoms with Gasteiger partial charge in [0.25, 0.3) is 0 Å². The second-order valence-electron chi connectivity index (χ2n) is 3.81. The fourth-order valence-corrected chi connectivity index (χ4v) is 1.81. The van der Waals surface area contributed by atoms with E-state index in [2.05, 4.69) is 26.1 Å². The van der Waals surface area contributed by atoms with E-state index in [4.69, 9.17) is 15.7 Å². The highest BCUT2D eigenvalue weighted by molar-refractivity contribution is 9.10. The third-order valence-electron chi connectivity index (χ3n) is 2.44. The first-order chi connectivity index (χ1) is 9.19. The van der Waals surface area contributed by atoms with Gasteiger partial charge >= 0.3 is 0 Å². The van der Waals surface area contributed by atoms with Gasteiger partial charge in [0.15, 0.2) is 5.84 Å². The van der Waals surface area contributed by atoms with Crippen LogP contribution in [0.2, 0.25) is 0 Å². The number of oxime groups is 1. The molecule has 2 aromatic rings. The molecule has 0 aliphatic rings. The highest BCUT2D eigenvalue weighted by Gasteiger charge is 2.01. The Kier molecular flexibility index (Phi) is 4.35. The molecule has 0 fully saturated rings. The Labute approximate surface area is 118 Å². The first-order valence-electron chi connectivity index (χ1n) is 5.49. The molecule has 1 aromatic carbocycles. The average molecular weight is 322 g/mol. The lowest BCUT2D eigenvalue weighted by Gasteiger charge is -2.06. The van der Waals surface area contributed by atoms with E-state index in [1.54, 1.807) is 24.5 Å². The number of nitrogens with two attached hydrogens (primary N) is 1. The zero-order valence-corrected chi connectivity index (χ0v) is 11.5. The van der Waals surface area contributed by atoms with Crippen molar-refractivity contribution in [3.63, 3.8) is 0 Å². The number of amidine groups is 1. The molecule has 5 nitrogen and oxygen atoms in total. The molecule has 0 spiro atoms. The van der Waals surface area contributed by atoms with Gasteiger partial charge in [0.1, 0.15) is 12.4 Å². The number of benzene rings is 1. The Morgan fingerprint density at radius 2 is 2.05 bits per heavy atom. The second kappa shape index (κ2) is 6.19. The van der Waals surface area contributed by atoms with Crippen molar-refractivity contribution in [3.05, 3.63) is 58.3 Å². The minimum absolute atomic E-state index is 0.0867. The van der Waals surface area contributed by atoms with Gasteiger partial charge in [0.05, 0.1) is 6.20 Å². The van der Waals surface area contributed by atoms with Gasteiger partial charge in [0, 0.05) is 16.2 Å². The van der Waals surface area contributed by atoms with Crippen LogP contribution in [0.15, 0.2) is 52.4 Å². The van der Waals surface area contributed by atoms with Gasteiger partial charge in [-0.2, -0.15) is 0 Å². The summed E-state index contributed by atoms with van der Waals surface area (Å²) in [6.07, 6.45) is 3.34. The van der Waals surface area contributed by atoms with E-state index in [-0.39, 0.29) is 5.84 Å². The summed E-state index contributed by atoms with van der Waals surface area (Å²) >= 11 is 3.33. The summed E-state index contributed by atoms with van der Waals surface area (Å²) in [4.78, 5) is 4.01. The van der Waals surface area contributed by atoms with Gasteiger partial charge in [-0.1, -0.05) is 29.4 Å². The average Bonchev–Trinajstić information content (AvgIpc) is 2.45. The van der Waals surface area contributed by atoms with Crippen LogP contribution >= 0.6 is 15.9 Å². The third kappa shape index (κ3) is 3.69. The first kappa shape index (κ1) is 13.4. The molecule has 0 unspecified atom stereocenters. The summed E-state index contributed by atoms with van der Waals surface area (Å²) in [5.41, 5.74) is 7.12. The fraction of sp³-hybridized carbons (Fsp3) is 0.0769. The molecular weight excluding hydrogens is 310 g/mol. The standard InChI is InChI=1S/C13H12BrN3O2/c14-11-5-12(7-16-6-11)19-8-9-1-3-10(4-2-9)13(15)17-18/h1-7,18H,8H2,(H2,15,17). The van der Waals surface area contributed by atoms with Gasteiger partial charge in [-0.05, 0) is 27.6 Å². The largest absolute Gasteiger partial charge is 0.487 e. The Morgan fingerprint density at radius 1 is 1.32 bits per heavy atom. The minimum atomic E-state index is 0.0867. The van der Waals surface area contributed by atoms with Crippen molar-refractivity contribution in [1.82, 2.24) is 4.98 Å². The van der Waals surface area contributed by atoms with Crippen molar-refractivity contribution in [2.75, 3.05) is 0 Å². The summed E-state index contributed by atoms with van der Waals surface area (Å²) in [5.74, 6) is 0.776. The first-order valence-corrected chi connectivity index (χ1v) is 6.28. The van der Waals surface area contributed by atoms with E-state index in [1.165, 1.54) is 0 Å². The smallest absolute Gasteiger partial charge is 0.170 e. The Bertz CT molecular complexity index is 585. The van der Waals surface area contributed by atoms with Crippen molar-refractivity contribution in [3.8, 4) is 5.75 Å². The molecule has 0 aliphatic heterocycles. The molecular formula is C13H12BrN3O2. The van der Waals surface area contributed by atoms with Gasteiger partial charge < -0.3 is 15.7 Å². The molecule has 98 valence electrons. The van der Waals surface area contributed by atoms with E-state index in [0.29, 0.717) is 17.9 Å². The highest BCUT2D eigenvalue weighted by atomic mass is 79.9. The van der Waals surface area contributed by atoms with E-state index in [9.17, 15) is 0 Å². The van der Waals surface area contributed by atoms with E-state index in [1.807, 2.05) is 18.2 Å². The Balaban J connectivity index is 2.00. The number of hydrogen-bond acceptors (Lipinski definition) is 4. The minimum Gasteiger partial charge on any atom is -0.487 e. The van der Waals surface area contributed by atoms with Crippen LogP contribution in [0.25, 0.3) is 0 Å². The number of nitrogens with zero attached hydrogens (tertiary/aromatic N) is 2. The van der Waals surface area contributed by atoms with Gasteiger partial charge in [-0.25, -0.2) is 0 Å². The summed E-state index contributed by atoms with van der Waals surface area (Å²) < 4.78 is 6.46. The maximum Gasteiger partial charge on any atom is 0.170 e. The molecule has 0 aliphatic carbocycles. The molecule has 6 heteroatoms. The van der Waals surface area contributed by atoms with Crippen LogP contribution in [-0.4, -0.2) is 16.0 Å². The zero-order valence-electron chi connectivity index (χ0n) is 9.95. The molecule has 0 radical (unpaired) electrons. The number of pyridine rings is 1. The molecule has 0 amide bonds. The summed E-state index contributed by atoms with van der Waals surface area (Å²) in [7, 11) is 0. The van der Waals surface area contributed by atoms with Crippen LogP contribution in [0, 0.1) is 0 Å². The zero-order chi connectivity index (χ0) is 13.7. The lowest BCUT2D eigenvalue weighted by atomic mass is 10.1. The summed E-state index contributed by atoms with van der Waals surface area (Å²) in [5, 5.41) is 11.5. The maximum absolute atomic E-state index is 8.56. The highest BCUT2D eigenvalue weighted by Crippen LogP contribution is 2.17. The number of aromatic nitrogens is 1. The molecule has 1 heterocycles. The van der Waals surface area contributed by atoms with Gasteiger partial charge in [0.2, 0.25) is 0 Å². The summed E-state index contributed by atoms with van der Waals surface area (Å²) in [6.45, 7) is 0.425. The summed E-state index contributed by atoms with van der Waals surface area (Å²) in [6, 6.07) is 9.11. The van der Waals surface area contributed by atoms with Crippen molar-refractivity contribution < 1.29 is 9.94 Å². The molecule has 1 aromatic heterocycles. The number of halogens is 1. The second-order valence-corrected chi connectivity index (χ2v) is 4.73. The third-order valence-corrected chi connectivity index (χ3v) is 2.88. The molecule has 0 atom stereocenters. The predicted octanol–water partition coefficient (Wildman–Crippen LogP) is 2.52. The fourth-order valence-electron chi connectivity index (χ4n) is 1.47. The van der Waals surface area contributed by atoms with Crippen LogP contribution in [-0.2, 0) is 6.61 Å². The van der Waals surface area contributed by atoms with Crippen LogP contribution in [0.1, 0.15) is 11.1 Å². The van der Waals surface area contributed by atoms with E-state index >= 15 is 0 Å². The topological polar surface area (TPSA) is 80.7 Å². The quantitative estimate of drug-likeness (QED) is 0.392. The lowest BCUT2D eigenvalue weighted by molar-refractivity contribution is 0.305. The maximum atomic E-state index is 8.56.